The Balaban J connectivity index is 2.02. The van der Waals surface area contributed by atoms with Gasteiger partial charge >= 0.3 is 0 Å². The number of nitrogens with one attached hydrogen (secondary N) is 1. The molecule has 0 aliphatic heterocycles. The molecule has 1 saturated carbocycles. The van der Waals surface area contributed by atoms with Gasteiger partial charge < -0.3 is 0 Å². The Morgan fingerprint density at radius 1 is 1.45 bits per heavy atom. The molecule has 1 aliphatic carbocycles. The smallest absolute Gasteiger partial charge is 0.0835 e. The molecule has 0 saturated heterocycles. The fraction of sp³-hybridized carbons (Fsp3) is 0.786. The minimum atomic E-state index is 0.0549. The van der Waals surface area contributed by atoms with E-state index >= 15 is 0 Å². The molecule has 0 aromatic carbocycles. The van der Waals surface area contributed by atoms with Gasteiger partial charge in [0.15, 0.2) is 0 Å². The van der Waals surface area contributed by atoms with Gasteiger partial charge in [0.05, 0.1) is 23.0 Å². The molecule has 0 spiro atoms. The predicted octanol–water partition coefficient (Wildman–Crippen LogP) is 3.69. The largest absolute Gasteiger partial charge is 0.271 e. The van der Waals surface area contributed by atoms with E-state index in [1.54, 1.807) is 6.20 Å². The Morgan fingerprint density at radius 2 is 2.15 bits per heavy atom. The van der Waals surface area contributed by atoms with E-state index in [1.165, 1.54) is 32.1 Å². The maximum atomic E-state index is 6.30. The summed E-state index contributed by atoms with van der Waals surface area (Å²) in [6.45, 7) is 4.21. The van der Waals surface area contributed by atoms with E-state index < -0.39 is 0 Å². The summed E-state index contributed by atoms with van der Waals surface area (Å²) >= 11 is 8.31. The number of aromatic nitrogens is 2. The summed E-state index contributed by atoms with van der Waals surface area (Å²) in [7, 11) is 0. The van der Waals surface area contributed by atoms with Crippen LogP contribution in [0.15, 0.2) is 6.20 Å². The highest BCUT2D eigenvalue weighted by atomic mass is 35.5. The topological polar surface area (TPSA) is 55.9 Å². The van der Waals surface area contributed by atoms with Gasteiger partial charge in [-0.3, -0.25) is 16.0 Å². The minimum absolute atomic E-state index is 0.0549. The van der Waals surface area contributed by atoms with Gasteiger partial charge in [-0.2, -0.15) is 16.9 Å². The molecule has 6 heteroatoms. The fourth-order valence-electron chi connectivity index (χ4n) is 2.76. The first-order valence-corrected chi connectivity index (χ1v) is 8.86. The second kappa shape index (κ2) is 7.69. The molecule has 0 amide bonds. The highest BCUT2D eigenvalue weighted by molar-refractivity contribution is 7.99. The van der Waals surface area contributed by atoms with Crippen LogP contribution in [0.25, 0.3) is 0 Å². The van der Waals surface area contributed by atoms with Crippen molar-refractivity contribution in [1.82, 2.24) is 15.2 Å². The third-order valence-corrected chi connectivity index (χ3v) is 5.62. The number of rotatable bonds is 6. The molecule has 1 aromatic heterocycles. The van der Waals surface area contributed by atoms with Crippen molar-refractivity contribution >= 4 is 23.4 Å². The van der Waals surface area contributed by atoms with E-state index in [0.717, 1.165) is 16.7 Å². The highest BCUT2D eigenvalue weighted by Crippen LogP contribution is 2.33. The number of hydrogen-bond donors (Lipinski definition) is 2. The van der Waals surface area contributed by atoms with Crippen molar-refractivity contribution in [3.63, 3.8) is 0 Å². The molecule has 114 valence electrons. The average Bonchev–Trinajstić information content (AvgIpc) is 2.83. The molecule has 20 heavy (non-hydrogen) atoms. The van der Waals surface area contributed by atoms with Crippen molar-refractivity contribution in [2.75, 3.05) is 5.75 Å². The zero-order valence-corrected chi connectivity index (χ0v) is 13.9. The minimum Gasteiger partial charge on any atom is -0.271 e. The normalized spacial score (nSPS) is 18.6. The number of thioether (sulfide) groups is 1. The summed E-state index contributed by atoms with van der Waals surface area (Å²) in [6, 6.07) is 0.340. The van der Waals surface area contributed by atoms with Crippen LogP contribution in [0.2, 0.25) is 5.02 Å². The molecule has 1 aliphatic rings. The third-order valence-electron chi connectivity index (χ3n) is 3.86. The summed E-state index contributed by atoms with van der Waals surface area (Å²) in [5, 5.41) is 5.83. The van der Waals surface area contributed by atoms with Gasteiger partial charge in [0, 0.05) is 17.0 Å². The lowest BCUT2D eigenvalue weighted by molar-refractivity contribution is 0.467. The Bertz CT molecular complexity index is 415. The van der Waals surface area contributed by atoms with E-state index in [9.17, 15) is 0 Å². The number of halogens is 1. The van der Waals surface area contributed by atoms with Crippen molar-refractivity contribution in [2.24, 2.45) is 5.84 Å². The zero-order chi connectivity index (χ0) is 14.5. The molecule has 1 unspecified atom stereocenters. The van der Waals surface area contributed by atoms with Crippen molar-refractivity contribution in [2.45, 2.75) is 63.3 Å². The van der Waals surface area contributed by atoms with Gasteiger partial charge in [0.1, 0.15) is 0 Å². The van der Waals surface area contributed by atoms with Crippen LogP contribution in [0, 0.1) is 0 Å². The van der Waals surface area contributed by atoms with Gasteiger partial charge in [-0.25, -0.2) is 0 Å². The van der Waals surface area contributed by atoms with Crippen LogP contribution in [0.3, 0.4) is 0 Å². The van der Waals surface area contributed by atoms with Gasteiger partial charge in [0.2, 0.25) is 0 Å². The maximum absolute atomic E-state index is 6.30. The zero-order valence-electron chi connectivity index (χ0n) is 12.3. The Kier molecular flexibility index (Phi) is 6.20. The Morgan fingerprint density at radius 3 is 2.75 bits per heavy atom. The summed E-state index contributed by atoms with van der Waals surface area (Å²) in [5.74, 6) is 6.70. The molecule has 2 rings (SSSR count). The summed E-state index contributed by atoms with van der Waals surface area (Å²) in [5.41, 5.74) is 3.92. The van der Waals surface area contributed by atoms with Crippen LogP contribution in [0.5, 0.6) is 0 Å². The van der Waals surface area contributed by atoms with E-state index in [4.69, 9.17) is 17.4 Å². The first-order chi connectivity index (χ1) is 9.63. The van der Waals surface area contributed by atoms with Gasteiger partial charge in [-0.15, -0.1) is 0 Å². The quantitative estimate of drug-likeness (QED) is 0.621. The number of nitrogens with zero attached hydrogens (tertiary/aromatic N) is 2. The predicted molar refractivity (Wildman–Crippen MR) is 87.0 cm³/mol. The molecule has 1 aromatic rings. The summed E-state index contributed by atoms with van der Waals surface area (Å²) in [6.07, 6.45) is 8.50. The molecular weight excluding hydrogens is 292 g/mol. The molecule has 1 atom stereocenters. The lowest BCUT2D eigenvalue weighted by atomic mass is 10.0. The molecular formula is C14H25ClN4S. The van der Waals surface area contributed by atoms with Gasteiger partial charge in [0.25, 0.3) is 0 Å². The first-order valence-electron chi connectivity index (χ1n) is 7.44. The molecule has 0 radical (unpaired) electrons. The van der Waals surface area contributed by atoms with E-state index in [0.29, 0.717) is 5.02 Å². The second-order valence-electron chi connectivity index (χ2n) is 5.73. The fourth-order valence-corrected chi connectivity index (χ4v) is 4.41. The van der Waals surface area contributed by atoms with Crippen LogP contribution in [-0.2, 0) is 0 Å². The Hall–Kier alpha value is -0.230. The van der Waals surface area contributed by atoms with Gasteiger partial charge in [-0.1, -0.05) is 30.9 Å². The van der Waals surface area contributed by atoms with Crippen molar-refractivity contribution in [1.29, 1.82) is 0 Å². The SMILES string of the molecule is CC(C)n1ncc(Cl)c1C(CSC1CCCCC1)NN. The highest BCUT2D eigenvalue weighted by Gasteiger charge is 2.23. The monoisotopic (exact) mass is 316 g/mol. The van der Waals surface area contributed by atoms with Crippen molar-refractivity contribution < 1.29 is 0 Å². The first kappa shape index (κ1) is 16.1. The van der Waals surface area contributed by atoms with E-state index in [1.807, 2.05) is 16.4 Å². The third kappa shape index (κ3) is 3.91. The number of nitrogens with two attached hydrogens (primary N) is 1. The number of hydrogen-bond acceptors (Lipinski definition) is 4. The van der Waals surface area contributed by atoms with E-state index in [-0.39, 0.29) is 12.1 Å². The molecule has 1 heterocycles. The molecule has 3 N–H and O–H groups in total. The van der Waals surface area contributed by atoms with Crippen molar-refractivity contribution in [3.05, 3.63) is 16.9 Å². The van der Waals surface area contributed by atoms with Crippen LogP contribution in [-0.4, -0.2) is 20.8 Å². The summed E-state index contributed by atoms with van der Waals surface area (Å²) in [4.78, 5) is 0. The van der Waals surface area contributed by atoms with Crippen LogP contribution in [0.1, 0.15) is 63.7 Å². The second-order valence-corrected chi connectivity index (χ2v) is 7.47. The average molecular weight is 317 g/mol. The lowest BCUT2D eigenvalue weighted by Crippen LogP contribution is -2.32. The maximum Gasteiger partial charge on any atom is 0.0835 e. The Labute approximate surface area is 130 Å². The van der Waals surface area contributed by atoms with Crippen molar-refractivity contribution in [3.8, 4) is 0 Å². The van der Waals surface area contributed by atoms with Gasteiger partial charge in [-0.05, 0) is 26.7 Å². The summed E-state index contributed by atoms with van der Waals surface area (Å²) < 4.78 is 1.97. The van der Waals surface area contributed by atoms with Crippen LogP contribution in [0.4, 0.5) is 0 Å². The standard InChI is InChI=1S/C14H25ClN4S/c1-10(2)19-14(12(15)8-17-19)13(18-16)9-20-11-6-4-3-5-7-11/h8,10-11,13,18H,3-7,9,16H2,1-2H3. The molecule has 1 fully saturated rings. The number of hydrazine groups is 1. The van der Waals surface area contributed by atoms with E-state index in [2.05, 4.69) is 24.4 Å². The van der Waals surface area contributed by atoms with Crippen LogP contribution >= 0.6 is 23.4 Å². The lowest BCUT2D eigenvalue weighted by Gasteiger charge is -2.25. The molecule has 0 bridgehead atoms. The van der Waals surface area contributed by atoms with Crippen LogP contribution < -0.4 is 11.3 Å². The molecule has 4 nitrogen and oxygen atoms in total.